The molecule has 0 spiro atoms. The van der Waals surface area contributed by atoms with Crippen LogP contribution in [-0.2, 0) is 11.3 Å². The van der Waals surface area contributed by atoms with Crippen molar-refractivity contribution in [1.29, 1.82) is 0 Å². The maximum atomic E-state index is 12.2. The Morgan fingerprint density at radius 1 is 1.16 bits per heavy atom. The third-order valence-corrected chi connectivity index (χ3v) is 5.70. The first-order valence-electron chi connectivity index (χ1n) is 9.16. The number of amides is 1. The highest BCUT2D eigenvalue weighted by atomic mass is 35.5. The summed E-state index contributed by atoms with van der Waals surface area (Å²) in [5, 5.41) is 7.35. The number of rotatable bonds is 5. The van der Waals surface area contributed by atoms with Crippen molar-refractivity contribution in [2.45, 2.75) is 32.2 Å². The smallest absolute Gasteiger partial charge is 0.223 e. The number of hydrogen-bond donors (Lipinski definition) is 2. The molecule has 1 amide bonds. The summed E-state index contributed by atoms with van der Waals surface area (Å²) >= 11 is 6.25. The summed E-state index contributed by atoms with van der Waals surface area (Å²) in [4.78, 5) is 14.7. The van der Waals surface area contributed by atoms with Crippen LogP contribution in [0.4, 0.5) is 0 Å². The first kappa shape index (κ1) is 20.5. The van der Waals surface area contributed by atoms with Gasteiger partial charge >= 0.3 is 0 Å². The number of halogens is 2. The molecule has 0 saturated carbocycles. The molecule has 0 aliphatic carbocycles. The second-order valence-electron chi connectivity index (χ2n) is 7.08. The molecule has 2 aliphatic rings. The van der Waals surface area contributed by atoms with Gasteiger partial charge in [0.05, 0.1) is 0 Å². The summed E-state index contributed by atoms with van der Waals surface area (Å²) < 4.78 is 0. The Bertz CT molecular complexity index is 541. The molecular formula is C19H29Cl2N3O. The monoisotopic (exact) mass is 385 g/mol. The Kier molecular flexibility index (Phi) is 8.50. The van der Waals surface area contributed by atoms with Crippen LogP contribution in [0.5, 0.6) is 0 Å². The van der Waals surface area contributed by atoms with Crippen LogP contribution in [0.15, 0.2) is 24.3 Å². The molecular weight excluding hydrogens is 357 g/mol. The lowest BCUT2D eigenvalue weighted by atomic mass is 9.94. The van der Waals surface area contributed by atoms with Gasteiger partial charge < -0.3 is 10.6 Å². The summed E-state index contributed by atoms with van der Waals surface area (Å²) in [6.07, 6.45) is 4.25. The van der Waals surface area contributed by atoms with Crippen molar-refractivity contribution in [3.8, 4) is 0 Å². The van der Waals surface area contributed by atoms with Gasteiger partial charge in [0.2, 0.25) is 5.91 Å². The zero-order chi connectivity index (χ0) is 16.8. The van der Waals surface area contributed by atoms with E-state index in [2.05, 4.69) is 21.6 Å². The Hall–Kier alpha value is -0.810. The molecule has 2 saturated heterocycles. The van der Waals surface area contributed by atoms with E-state index in [0.717, 1.165) is 70.0 Å². The number of benzene rings is 1. The van der Waals surface area contributed by atoms with Gasteiger partial charge in [0, 0.05) is 24.0 Å². The van der Waals surface area contributed by atoms with Crippen molar-refractivity contribution in [1.82, 2.24) is 15.5 Å². The van der Waals surface area contributed by atoms with E-state index < -0.39 is 0 Å². The lowest BCUT2D eigenvalue weighted by Gasteiger charge is -2.32. The SMILES string of the molecule is Cl.O=C(NCC1CCN(Cc2ccccc2Cl)CC1)C1CCNCC1. The third kappa shape index (κ3) is 6.14. The third-order valence-electron chi connectivity index (χ3n) is 5.33. The Morgan fingerprint density at radius 3 is 2.52 bits per heavy atom. The minimum absolute atomic E-state index is 0. The summed E-state index contributed by atoms with van der Waals surface area (Å²) in [6, 6.07) is 8.08. The van der Waals surface area contributed by atoms with Crippen molar-refractivity contribution >= 4 is 29.9 Å². The molecule has 3 rings (SSSR count). The minimum Gasteiger partial charge on any atom is -0.356 e. The average Bonchev–Trinajstić information content (AvgIpc) is 2.63. The van der Waals surface area contributed by atoms with Crippen LogP contribution in [0.25, 0.3) is 0 Å². The topological polar surface area (TPSA) is 44.4 Å². The fourth-order valence-electron chi connectivity index (χ4n) is 3.69. The number of hydrogen-bond acceptors (Lipinski definition) is 3. The Labute approximate surface area is 162 Å². The highest BCUT2D eigenvalue weighted by molar-refractivity contribution is 6.31. The van der Waals surface area contributed by atoms with E-state index >= 15 is 0 Å². The molecule has 140 valence electrons. The number of likely N-dealkylation sites (tertiary alicyclic amines) is 1. The van der Waals surface area contributed by atoms with E-state index in [1.165, 1.54) is 5.56 Å². The molecule has 1 aromatic rings. The van der Waals surface area contributed by atoms with E-state index in [0.29, 0.717) is 5.92 Å². The second kappa shape index (κ2) is 10.4. The molecule has 1 aromatic carbocycles. The van der Waals surface area contributed by atoms with E-state index in [-0.39, 0.29) is 24.2 Å². The second-order valence-corrected chi connectivity index (χ2v) is 7.49. The zero-order valence-electron chi connectivity index (χ0n) is 14.7. The Morgan fingerprint density at radius 2 is 1.84 bits per heavy atom. The highest BCUT2D eigenvalue weighted by Crippen LogP contribution is 2.22. The fraction of sp³-hybridized carbons (Fsp3) is 0.632. The van der Waals surface area contributed by atoms with Gasteiger partial charge in [0.1, 0.15) is 0 Å². The molecule has 2 aliphatic heterocycles. The van der Waals surface area contributed by atoms with Gasteiger partial charge in [-0.25, -0.2) is 0 Å². The fourth-order valence-corrected chi connectivity index (χ4v) is 3.89. The molecule has 25 heavy (non-hydrogen) atoms. The number of carbonyl (C=O) groups excluding carboxylic acids is 1. The van der Waals surface area contributed by atoms with E-state index in [1.54, 1.807) is 0 Å². The molecule has 0 atom stereocenters. The molecule has 2 heterocycles. The minimum atomic E-state index is 0. The van der Waals surface area contributed by atoms with Crippen molar-refractivity contribution in [2.75, 3.05) is 32.7 Å². The average molecular weight is 386 g/mol. The van der Waals surface area contributed by atoms with E-state index in [9.17, 15) is 4.79 Å². The van der Waals surface area contributed by atoms with Crippen molar-refractivity contribution < 1.29 is 4.79 Å². The summed E-state index contributed by atoms with van der Waals surface area (Å²) in [7, 11) is 0. The molecule has 2 fully saturated rings. The van der Waals surface area contributed by atoms with E-state index in [4.69, 9.17) is 11.6 Å². The predicted octanol–water partition coefficient (Wildman–Crippen LogP) is 3.09. The highest BCUT2D eigenvalue weighted by Gasteiger charge is 2.23. The quantitative estimate of drug-likeness (QED) is 0.818. The molecule has 6 heteroatoms. The molecule has 0 aromatic heterocycles. The van der Waals surface area contributed by atoms with Crippen LogP contribution in [0.1, 0.15) is 31.2 Å². The summed E-state index contributed by atoms with van der Waals surface area (Å²) in [6.45, 7) is 5.87. The largest absolute Gasteiger partial charge is 0.356 e. The number of nitrogens with zero attached hydrogens (tertiary/aromatic N) is 1. The summed E-state index contributed by atoms with van der Waals surface area (Å²) in [5.41, 5.74) is 1.21. The normalized spacial score (nSPS) is 20.0. The Balaban J connectivity index is 0.00000225. The number of piperidine rings is 2. The maximum Gasteiger partial charge on any atom is 0.223 e. The molecule has 0 bridgehead atoms. The number of carbonyl (C=O) groups is 1. The standard InChI is InChI=1S/C19H28ClN3O.ClH/c20-18-4-2-1-3-17(18)14-23-11-7-15(8-12-23)13-22-19(24)16-5-9-21-10-6-16;/h1-4,15-16,21H,5-14H2,(H,22,24);1H. The van der Waals surface area contributed by atoms with Crippen LogP contribution in [0, 0.1) is 11.8 Å². The summed E-state index contributed by atoms with van der Waals surface area (Å²) in [5.74, 6) is 1.08. The van der Waals surface area contributed by atoms with Crippen LogP contribution < -0.4 is 10.6 Å². The molecule has 4 nitrogen and oxygen atoms in total. The van der Waals surface area contributed by atoms with Gasteiger partial charge in [-0.05, 0) is 69.4 Å². The van der Waals surface area contributed by atoms with Crippen molar-refractivity contribution in [3.05, 3.63) is 34.9 Å². The van der Waals surface area contributed by atoms with Gasteiger partial charge in [0.25, 0.3) is 0 Å². The molecule has 0 radical (unpaired) electrons. The van der Waals surface area contributed by atoms with E-state index in [1.807, 2.05) is 18.2 Å². The molecule has 2 N–H and O–H groups in total. The van der Waals surface area contributed by atoms with Gasteiger partial charge in [-0.3, -0.25) is 9.69 Å². The van der Waals surface area contributed by atoms with Crippen LogP contribution >= 0.6 is 24.0 Å². The number of nitrogens with one attached hydrogen (secondary N) is 2. The maximum absolute atomic E-state index is 12.2. The first-order chi connectivity index (χ1) is 11.7. The van der Waals surface area contributed by atoms with Gasteiger partial charge in [0.15, 0.2) is 0 Å². The van der Waals surface area contributed by atoms with Gasteiger partial charge in [-0.2, -0.15) is 0 Å². The lowest BCUT2D eigenvalue weighted by molar-refractivity contribution is -0.126. The molecule has 0 unspecified atom stereocenters. The van der Waals surface area contributed by atoms with Gasteiger partial charge in [-0.1, -0.05) is 29.8 Å². The van der Waals surface area contributed by atoms with Crippen LogP contribution in [-0.4, -0.2) is 43.5 Å². The lowest BCUT2D eigenvalue weighted by Crippen LogP contribution is -2.42. The van der Waals surface area contributed by atoms with Gasteiger partial charge in [-0.15, -0.1) is 12.4 Å². The van der Waals surface area contributed by atoms with Crippen LogP contribution in [0.3, 0.4) is 0 Å². The zero-order valence-corrected chi connectivity index (χ0v) is 16.2. The van der Waals surface area contributed by atoms with Crippen molar-refractivity contribution in [3.63, 3.8) is 0 Å². The predicted molar refractivity (Wildman–Crippen MR) is 105 cm³/mol. The van der Waals surface area contributed by atoms with Crippen LogP contribution in [0.2, 0.25) is 5.02 Å². The van der Waals surface area contributed by atoms with Crippen molar-refractivity contribution in [2.24, 2.45) is 11.8 Å². The first-order valence-corrected chi connectivity index (χ1v) is 9.54.